The average Bonchev–Trinajstić information content (AvgIpc) is 1.78. The largest absolute Gasteiger partial charge is 0.390 e. The zero-order chi connectivity index (χ0) is 6.69. The number of nitrogens with zero attached hydrogens (tertiary/aromatic N) is 1. The molecule has 2 nitrogen and oxygen atoms in total. The van der Waals surface area contributed by atoms with Crippen LogP contribution in [0.2, 0.25) is 0 Å². The van der Waals surface area contributed by atoms with Crippen LogP contribution in [0.15, 0.2) is 0 Å². The van der Waals surface area contributed by atoms with Gasteiger partial charge in [0.1, 0.15) is 0 Å². The van der Waals surface area contributed by atoms with Gasteiger partial charge in [-0.25, -0.2) is 0 Å². The summed E-state index contributed by atoms with van der Waals surface area (Å²) in [7, 11) is 0. The third kappa shape index (κ3) is 2.16. The Morgan fingerprint density at radius 2 is 2.33 bits per heavy atom. The van der Waals surface area contributed by atoms with Crippen molar-refractivity contribution >= 4 is 11.8 Å². The van der Waals surface area contributed by atoms with Gasteiger partial charge in [-0.2, -0.15) is 11.8 Å². The summed E-state index contributed by atoms with van der Waals surface area (Å²) in [5.74, 6) is 1.19. The Balaban J connectivity index is 1.91. The molecule has 1 aliphatic rings. The molecule has 1 aliphatic heterocycles. The molecule has 1 heterocycles. The average molecular weight is 147 g/mol. The van der Waals surface area contributed by atoms with Crippen molar-refractivity contribution in [1.82, 2.24) is 4.90 Å². The van der Waals surface area contributed by atoms with E-state index >= 15 is 0 Å². The van der Waals surface area contributed by atoms with Gasteiger partial charge < -0.3 is 5.11 Å². The van der Waals surface area contributed by atoms with Crippen LogP contribution in [-0.4, -0.2) is 47.8 Å². The smallest absolute Gasteiger partial charge is 0.0793 e. The third-order valence-corrected chi connectivity index (χ3v) is 2.14. The van der Waals surface area contributed by atoms with Crippen LogP contribution in [0.5, 0.6) is 0 Å². The van der Waals surface area contributed by atoms with E-state index in [4.69, 9.17) is 5.11 Å². The van der Waals surface area contributed by atoms with Crippen molar-refractivity contribution in [2.75, 3.05) is 31.6 Å². The number of aliphatic hydroxyl groups is 1. The fourth-order valence-electron chi connectivity index (χ4n) is 0.946. The van der Waals surface area contributed by atoms with Gasteiger partial charge in [-0.1, -0.05) is 0 Å². The molecule has 54 valence electrons. The summed E-state index contributed by atoms with van der Waals surface area (Å²) < 4.78 is 0. The molecule has 9 heavy (non-hydrogen) atoms. The summed E-state index contributed by atoms with van der Waals surface area (Å²) in [4.78, 5) is 2.27. The van der Waals surface area contributed by atoms with Crippen LogP contribution < -0.4 is 0 Å². The van der Waals surface area contributed by atoms with E-state index in [1.165, 1.54) is 5.75 Å². The molecule has 1 rings (SSSR count). The lowest BCUT2D eigenvalue weighted by atomic mass is 10.2. The predicted octanol–water partition coefficient (Wildman–Crippen LogP) is 0.0259. The Labute approximate surface area is 60.2 Å². The lowest BCUT2D eigenvalue weighted by molar-refractivity contribution is 0.00649. The molecule has 0 unspecified atom stereocenters. The minimum atomic E-state index is -0.0353. The number of rotatable bonds is 3. The highest BCUT2D eigenvalue weighted by molar-refractivity contribution is 7.98. The van der Waals surface area contributed by atoms with Gasteiger partial charge in [0.05, 0.1) is 6.10 Å². The summed E-state index contributed by atoms with van der Waals surface area (Å²) in [6.07, 6.45) is 2.07. The Bertz CT molecular complexity index is 83.1. The monoisotopic (exact) mass is 147 g/mol. The molecule has 0 saturated carbocycles. The topological polar surface area (TPSA) is 23.5 Å². The summed E-state index contributed by atoms with van der Waals surface area (Å²) >= 11 is 1.86. The van der Waals surface area contributed by atoms with Crippen LogP contribution in [-0.2, 0) is 0 Å². The molecule has 0 spiro atoms. The van der Waals surface area contributed by atoms with E-state index < -0.39 is 0 Å². The molecular weight excluding hydrogens is 134 g/mol. The number of thioether (sulfide) groups is 1. The zero-order valence-corrected chi connectivity index (χ0v) is 6.52. The van der Waals surface area contributed by atoms with Gasteiger partial charge in [0.2, 0.25) is 0 Å². The van der Waals surface area contributed by atoms with E-state index in [-0.39, 0.29) is 6.10 Å². The number of aliphatic hydroxyl groups excluding tert-OH is 1. The van der Waals surface area contributed by atoms with Crippen LogP contribution >= 0.6 is 11.8 Å². The van der Waals surface area contributed by atoms with Gasteiger partial charge >= 0.3 is 0 Å². The highest BCUT2D eigenvalue weighted by Crippen LogP contribution is 2.07. The van der Waals surface area contributed by atoms with Gasteiger partial charge in [-0.3, -0.25) is 4.90 Å². The maximum atomic E-state index is 8.87. The molecule has 0 aromatic heterocycles. The zero-order valence-electron chi connectivity index (χ0n) is 5.71. The van der Waals surface area contributed by atoms with Gasteiger partial charge in [-0.05, 0) is 6.26 Å². The first-order valence-corrected chi connectivity index (χ1v) is 4.61. The molecule has 1 N–H and O–H groups in total. The first-order chi connectivity index (χ1) is 4.33. The maximum absolute atomic E-state index is 8.87. The van der Waals surface area contributed by atoms with Crippen molar-refractivity contribution in [1.29, 1.82) is 0 Å². The molecule has 0 bridgehead atoms. The third-order valence-electron chi connectivity index (χ3n) is 1.55. The molecule has 0 radical (unpaired) electrons. The number of β-amino-alcohol motifs (C(OH)–C–C–N with tert-alkyl or cyclic N) is 1. The Morgan fingerprint density at radius 3 is 2.78 bits per heavy atom. The summed E-state index contributed by atoms with van der Waals surface area (Å²) in [6, 6.07) is 0. The van der Waals surface area contributed by atoms with E-state index in [2.05, 4.69) is 11.2 Å². The standard InChI is InChI=1S/C6H13NOS/c1-9-3-2-7-4-6(8)5-7/h6,8H,2-5H2,1H3. The van der Waals surface area contributed by atoms with E-state index in [9.17, 15) is 0 Å². The fourth-order valence-corrected chi connectivity index (χ4v) is 1.39. The molecule has 0 aromatic carbocycles. The Kier molecular flexibility index (Phi) is 2.82. The quantitative estimate of drug-likeness (QED) is 0.609. The van der Waals surface area contributed by atoms with Gasteiger partial charge in [0.25, 0.3) is 0 Å². The lowest BCUT2D eigenvalue weighted by Gasteiger charge is -2.35. The molecule has 0 aliphatic carbocycles. The van der Waals surface area contributed by atoms with Crippen molar-refractivity contribution in [3.8, 4) is 0 Å². The van der Waals surface area contributed by atoms with Gasteiger partial charge in [0.15, 0.2) is 0 Å². The predicted molar refractivity (Wildman–Crippen MR) is 40.8 cm³/mol. The molecular formula is C6H13NOS. The number of likely N-dealkylation sites (tertiary alicyclic amines) is 1. The second-order valence-electron chi connectivity index (χ2n) is 2.41. The molecule has 1 fully saturated rings. The molecule has 0 aromatic rings. The number of hydrogen-bond donors (Lipinski definition) is 1. The summed E-state index contributed by atoms with van der Waals surface area (Å²) in [5.41, 5.74) is 0. The summed E-state index contributed by atoms with van der Waals surface area (Å²) in [6.45, 7) is 2.92. The van der Waals surface area contributed by atoms with Gasteiger partial charge in [0, 0.05) is 25.4 Å². The fraction of sp³-hybridized carbons (Fsp3) is 1.00. The van der Waals surface area contributed by atoms with Crippen molar-refractivity contribution in [2.45, 2.75) is 6.10 Å². The second-order valence-corrected chi connectivity index (χ2v) is 3.39. The maximum Gasteiger partial charge on any atom is 0.0793 e. The van der Waals surface area contributed by atoms with Crippen LogP contribution in [0.25, 0.3) is 0 Å². The van der Waals surface area contributed by atoms with Crippen molar-refractivity contribution in [3.05, 3.63) is 0 Å². The van der Waals surface area contributed by atoms with E-state index in [0.717, 1.165) is 19.6 Å². The van der Waals surface area contributed by atoms with Crippen LogP contribution in [0, 0.1) is 0 Å². The SMILES string of the molecule is CSCCN1CC(O)C1. The molecule has 0 amide bonds. The van der Waals surface area contributed by atoms with Crippen molar-refractivity contribution in [3.63, 3.8) is 0 Å². The first kappa shape index (κ1) is 7.38. The number of hydrogen-bond acceptors (Lipinski definition) is 3. The highest BCUT2D eigenvalue weighted by Gasteiger charge is 2.22. The molecule has 0 atom stereocenters. The highest BCUT2D eigenvalue weighted by atomic mass is 32.2. The second kappa shape index (κ2) is 3.44. The van der Waals surface area contributed by atoms with E-state index in [1.807, 2.05) is 11.8 Å². The summed E-state index contributed by atoms with van der Waals surface area (Å²) in [5, 5.41) is 8.87. The minimum Gasteiger partial charge on any atom is -0.390 e. The van der Waals surface area contributed by atoms with E-state index in [0.29, 0.717) is 0 Å². The van der Waals surface area contributed by atoms with E-state index in [1.54, 1.807) is 0 Å². The Hall–Kier alpha value is 0.270. The van der Waals surface area contributed by atoms with Crippen LogP contribution in [0.1, 0.15) is 0 Å². The minimum absolute atomic E-state index is 0.0353. The Morgan fingerprint density at radius 1 is 1.67 bits per heavy atom. The van der Waals surface area contributed by atoms with Crippen LogP contribution in [0.3, 0.4) is 0 Å². The van der Waals surface area contributed by atoms with Gasteiger partial charge in [-0.15, -0.1) is 0 Å². The molecule has 3 heteroatoms. The first-order valence-electron chi connectivity index (χ1n) is 3.22. The molecule has 1 saturated heterocycles. The van der Waals surface area contributed by atoms with Crippen LogP contribution in [0.4, 0.5) is 0 Å². The lowest BCUT2D eigenvalue weighted by Crippen LogP contribution is -2.51. The van der Waals surface area contributed by atoms with Crippen molar-refractivity contribution < 1.29 is 5.11 Å². The van der Waals surface area contributed by atoms with Crippen molar-refractivity contribution in [2.24, 2.45) is 0 Å². The normalized spacial score (nSPS) is 22.0.